The number of benzene rings is 3. The molecule has 1 heterocycles. The smallest absolute Gasteiger partial charge is 0 e. The summed E-state index contributed by atoms with van der Waals surface area (Å²) in [4.78, 5) is 21.1. The predicted molar refractivity (Wildman–Crippen MR) is 182 cm³/mol. The fourth-order valence-electron chi connectivity index (χ4n) is 4.74. The number of aliphatic hydroxyl groups excluding tert-OH is 1. The average molecular weight is 819 g/mol. The summed E-state index contributed by atoms with van der Waals surface area (Å²) in [5.74, 6) is 7.52. The molecule has 1 radical (unpaired) electrons. The zero-order valence-electron chi connectivity index (χ0n) is 28.1. The van der Waals surface area contributed by atoms with Crippen LogP contribution in [0.4, 0.5) is 0 Å². The Morgan fingerprint density at radius 2 is 1.56 bits per heavy atom. The Bertz CT molecular complexity index is 1630. The van der Waals surface area contributed by atoms with Crippen molar-refractivity contribution in [3.63, 3.8) is 0 Å². The van der Waals surface area contributed by atoms with E-state index >= 15 is 0 Å². The third kappa shape index (κ3) is 8.65. The number of aromatic nitrogens is 2. The molecule has 0 fully saturated rings. The summed E-state index contributed by atoms with van der Waals surface area (Å²) in [5, 5.41) is 13.5. The molecule has 0 atom stereocenters. The van der Waals surface area contributed by atoms with Crippen LogP contribution in [-0.2, 0) is 24.9 Å². The normalized spacial score (nSPS) is 12.5. The number of ketones is 1. The Kier molecular flexibility index (Phi) is 12.2. The van der Waals surface area contributed by atoms with E-state index in [1.807, 2.05) is 41.5 Å². The van der Waals surface area contributed by atoms with Gasteiger partial charge in [-0.3, -0.25) is 4.79 Å². The number of hydrogen-bond donors (Lipinski definition) is 1. The van der Waals surface area contributed by atoms with Crippen LogP contribution in [0.1, 0.15) is 71.1 Å². The zero-order chi connectivity index (χ0) is 31.6. The van der Waals surface area contributed by atoms with Crippen molar-refractivity contribution in [1.29, 1.82) is 0 Å². The van der Waals surface area contributed by atoms with Crippen LogP contribution in [0, 0.1) is 37.7 Å². The van der Waals surface area contributed by atoms with Gasteiger partial charge in [-0.25, -0.2) is 0 Å². The van der Waals surface area contributed by atoms with Gasteiger partial charge in [0, 0.05) is 37.0 Å². The van der Waals surface area contributed by atoms with E-state index in [-0.39, 0.29) is 42.5 Å². The minimum absolute atomic E-state index is 0. The van der Waals surface area contributed by atoms with Crippen molar-refractivity contribution in [3.8, 4) is 11.3 Å². The van der Waals surface area contributed by atoms with Crippen molar-refractivity contribution in [3.05, 3.63) is 77.3 Å². The maximum absolute atomic E-state index is 11.8. The van der Waals surface area contributed by atoms with Gasteiger partial charge in [-0.2, -0.15) is 0 Å². The van der Waals surface area contributed by atoms with E-state index in [1.165, 1.54) is 32.4 Å². The van der Waals surface area contributed by atoms with Crippen molar-refractivity contribution in [2.75, 3.05) is 0 Å². The van der Waals surface area contributed by atoms with Gasteiger partial charge in [-0.05, 0) is 12.8 Å². The van der Waals surface area contributed by atoms with Crippen molar-refractivity contribution in [2.24, 2.45) is 10.8 Å². The summed E-state index contributed by atoms with van der Waals surface area (Å²) in [6.07, 6.45) is 4.68. The number of carbonyl (C=O) groups is 1. The van der Waals surface area contributed by atoms with Crippen LogP contribution in [0.15, 0.2) is 54.6 Å². The Hall–Kier alpha value is -2.34. The second-order valence-corrected chi connectivity index (χ2v) is 24.6. The van der Waals surface area contributed by atoms with Gasteiger partial charge < -0.3 is 5.11 Å². The summed E-state index contributed by atoms with van der Waals surface area (Å²) in [6, 6.07) is 16.9. The van der Waals surface area contributed by atoms with Gasteiger partial charge in [0.25, 0.3) is 0 Å². The molecule has 43 heavy (non-hydrogen) atoms. The van der Waals surface area contributed by atoms with E-state index in [2.05, 4.69) is 90.5 Å². The molecule has 1 aromatic heterocycles. The molecule has 0 amide bonds. The quantitative estimate of drug-likeness (QED) is 0.0664. The summed E-state index contributed by atoms with van der Waals surface area (Å²) >= 11 is -1.88. The number of hydrogen-bond acceptors (Lipinski definition) is 4. The number of carbonyl (C=O) groups excluding carboxylic acids is 1. The molecule has 0 aliphatic heterocycles. The van der Waals surface area contributed by atoms with Crippen molar-refractivity contribution in [1.82, 2.24) is 9.97 Å². The third-order valence-electron chi connectivity index (χ3n) is 8.58. The Morgan fingerprint density at radius 1 is 0.930 bits per heavy atom. The van der Waals surface area contributed by atoms with Gasteiger partial charge >= 0.3 is 164 Å². The SMILES string of the molecule is CCC(C)(C)C(=O)/C=C(\O)C(C)(C)CC.Cc1[c-]c(-c2ncnc3c2ccc2c[c]([Ge]([CH3])([CH3])[CH3])cc(C)c23)cc(C)c1.[Ir]. The topological polar surface area (TPSA) is 63.1 Å². The molecule has 4 rings (SSSR count). The largest absolute Gasteiger partial charge is 0 e. The predicted octanol–water partition coefficient (Wildman–Crippen LogP) is 9.59. The first kappa shape index (κ1) is 36.9. The second-order valence-electron chi connectivity index (χ2n) is 13.9. The van der Waals surface area contributed by atoms with Crippen LogP contribution in [0.2, 0.25) is 17.3 Å². The molecule has 0 aliphatic carbocycles. The molecule has 0 bridgehead atoms. The van der Waals surface area contributed by atoms with Crippen molar-refractivity contribution >= 4 is 45.1 Å². The number of aliphatic hydroxyl groups is 1. The molecule has 0 spiro atoms. The van der Waals surface area contributed by atoms with Crippen LogP contribution in [0.3, 0.4) is 0 Å². The first-order chi connectivity index (χ1) is 19.4. The van der Waals surface area contributed by atoms with E-state index in [0.29, 0.717) is 0 Å². The molecule has 1 N–H and O–H groups in total. The Labute approximate surface area is 275 Å². The monoisotopic (exact) mass is 820 g/mol. The molecule has 0 saturated carbocycles. The molecule has 4 aromatic rings. The van der Waals surface area contributed by atoms with Gasteiger partial charge in [0.05, 0.1) is 0 Å². The van der Waals surface area contributed by atoms with Gasteiger partial charge in [-0.15, -0.1) is 0 Å². The van der Waals surface area contributed by atoms with E-state index in [4.69, 9.17) is 0 Å². The van der Waals surface area contributed by atoms with E-state index in [0.717, 1.165) is 40.6 Å². The van der Waals surface area contributed by atoms with E-state index < -0.39 is 13.3 Å². The standard InChI is InChI=1S/C24H25GeN2.C13H24O2.Ir/c1-15-9-16(2)11-19(10-15)23-21-8-7-18-13-20(25(4,5)6)12-17(3)22(18)24(21)27-14-26-23;1-7-12(3,4)10(14)9-11(15)13(5,6)8-2;/h7-10,12-14H,1-6H3;9,14H,7-8H2,1-6H3;/q-1;;/b;10-9-;. The average Bonchev–Trinajstić information content (AvgIpc) is 2.91. The first-order valence-electron chi connectivity index (χ1n) is 15.1. The molecule has 3 aromatic carbocycles. The molecular weight excluding hydrogens is 769 g/mol. The summed E-state index contributed by atoms with van der Waals surface area (Å²) in [7, 11) is 0. The van der Waals surface area contributed by atoms with Gasteiger partial charge in [0.15, 0.2) is 5.78 Å². The maximum Gasteiger partial charge on any atom is 0 e. The van der Waals surface area contributed by atoms with Crippen LogP contribution < -0.4 is 4.40 Å². The van der Waals surface area contributed by atoms with E-state index in [1.54, 1.807) is 6.33 Å². The number of allylic oxidation sites excluding steroid dienone is 2. The number of rotatable bonds is 7. The molecule has 0 unspecified atom stereocenters. The van der Waals surface area contributed by atoms with Crippen LogP contribution >= 0.6 is 0 Å². The molecule has 6 heteroatoms. The molecule has 4 nitrogen and oxygen atoms in total. The van der Waals surface area contributed by atoms with Gasteiger partial charge in [0.1, 0.15) is 5.76 Å². The minimum atomic E-state index is -1.88. The third-order valence-corrected chi connectivity index (χ3v) is 12.8. The summed E-state index contributed by atoms with van der Waals surface area (Å²) in [5.41, 5.74) is 6.03. The number of fused-ring (bicyclic) bond motifs is 3. The molecule has 0 saturated heterocycles. The second kappa shape index (κ2) is 14.2. The summed E-state index contributed by atoms with van der Waals surface area (Å²) < 4.78 is 1.54. The molecule has 233 valence electrons. The number of aryl methyl sites for hydroxylation is 3. The first-order valence-corrected chi connectivity index (χ1v) is 22.4. The van der Waals surface area contributed by atoms with Crippen LogP contribution in [0.5, 0.6) is 0 Å². The van der Waals surface area contributed by atoms with Gasteiger partial charge in [0.2, 0.25) is 0 Å². The zero-order valence-corrected chi connectivity index (χ0v) is 32.6. The maximum atomic E-state index is 11.8. The van der Waals surface area contributed by atoms with Crippen LogP contribution in [-0.4, -0.2) is 34.1 Å². The van der Waals surface area contributed by atoms with Gasteiger partial charge in [-0.1, -0.05) is 41.5 Å². The number of nitrogens with zero attached hydrogens (tertiary/aromatic N) is 2. The minimum Gasteiger partial charge on any atom is 0 e. The molecule has 0 aliphatic rings. The van der Waals surface area contributed by atoms with E-state index in [9.17, 15) is 9.90 Å². The van der Waals surface area contributed by atoms with Crippen molar-refractivity contribution in [2.45, 2.75) is 92.4 Å². The molecular formula is C37H49GeIrN2O2-. The van der Waals surface area contributed by atoms with Crippen LogP contribution in [0.25, 0.3) is 32.9 Å². The fraction of sp³-hybridized carbons (Fsp3) is 0.432. The van der Waals surface area contributed by atoms with Crippen molar-refractivity contribution < 1.29 is 30.0 Å². The Balaban J connectivity index is 0.000000348. The Morgan fingerprint density at radius 3 is 2.12 bits per heavy atom. The fourth-order valence-corrected chi connectivity index (χ4v) is 7.33. The summed E-state index contributed by atoms with van der Waals surface area (Å²) in [6.45, 7) is 18.1.